The molecule has 0 atom stereocenters. The molecule has 0 aliphatic rings. The van der Waals surface area contributed by atoms with Gasteiger partial charge in [0.2, 0.25) is 0 Å². The highest BCUT2D eigenvalue weighted by Gasteiger charge is 2.15. The minimum absolute atomic E-state index is 0.890. The van der Waals surface area contributed by atoms with Gasteiger partial charge in [-0.25, -0.2) is 0 Å². The van der Waals surface area contributed by atoms with Crippen molar-refractivity contribution in [1.29, 1.82) is 0 Å². The van der Waals surface area contributed by atoms with Gasteiger partial charge in [-0.05, 0) is 23.3 Å². The monoisotopic (exact) mass is 282 g/mol. The van der Waals surface area contributed by atoms with Crippen LogP contribution in [0.25, 0.3) is 12.2 Å². The van der Waals surface area contributed by atoms with E-state index in [4.69, 9.17) is 4.74 Å². The molecule has 0 bridgehead atoms. The lowest BCUT2D eigenvalue weighted by Crippen LogP contribution is -2.37. The molecule has 2 rings (SSSR count). The largest absolute Gasteiger partial charge is 0.497 e. The summed E-state index contributed by atoms with van der Waals surface area (Å²) in [6.07, 6.45) is 4.28. The van der Waals surface area contributed by atoms with Crippen molar-refractivity contribution in [3.63, 3.8) is 0 Å². The highest BCUT2D eigenvalue weighted by molar-refractivity contribution is 6.88. The maximum Gasteiger partial charge on any atom is 0.118 e. The lowest BCUT2D eigenvalue weighted by atomic mass is 10.1. The van der Waals surface area contributed by atoms with E-state index in [-0.39, 0.29) is 0 Å². The van der Waals surface area contributed by atoms with E-state index in [9.17, 15) is 0 Å². The van der Waals surface area contributed by atoms with E-state index in [0.29, 0.717) is 0 Å². The van der Waals surface area contributed by atoms with Gasteiger partial charge >= 0.3 is 0 Å². The average molecular weight is 282 g/mol. The molecular formula is C18H22OSi. The fourth-order valence-electron chi connectivity index (χ4n) is 2.00. The number of benzene rings is 2. The summed E-state index contributed by atoms with van der Waals surface area (Å²) in [5.74, 6) is 0.890. The fraction of sp³-hybridized carbons (Fsp3) is 0.222. The first-order valence-corrected chi connectivity index (χ1v) is 10.4. The molecule has 0 spiro atoms. The molecule has 0 saturated carbocycles. The van der Waals surface area contributed by atoms with E-state index in [0.717, 1.165) is 5.75 Å². The molecule has 0 radical (unpaired) electrons. The molecule has 20 heavy (non-hydrogen) atoms. The maximum absolute atomic E-state index is 5.16. The molecule has 2 heteroatoms. The second kappa shape index (κ2) is 6.10. The van der Waals surface area contributed by atoms with Crippen LogP contribution in [0.4, 0.5) is 0 Å². The number of rotatable bonds is 4. The van der Waals surface area contributed by atoms with Gasteiger partial charge in [0, 0.05) is 0 Å². The van der Waals surface area contributed by atoms with Crippen LogP contribution in [0.3, 0.4) is 0 Å². The standard InChI is InChI=1S/C18H22OSi/c1-19-17-11-7-15(8-12-17)5-6-16-9-13-18(14-10-16)20(2,3)4/h5-14H,1-4H3/b6-5+. The third-order valence-electron chi connectivity index (χ3n) is 3.36. The first-order valence-electron chi connectivity index (χ1n) is 6.92. The Labute approximate surface area is 122 Å². The summed E-state index contributed by atoms with van der Waals surface area (Å²) < 4.78 is 5.16. The van der Waals surface area contributed by atoms with Gasteiger partial charge < -0.3 is 4.74 Å². The third kappa shape index (κ3) is 3.84. The topological polar surface area (TPSA) is 9.23 Å². The van der Waals surface area contributed by atoms with Crippen LogP contribution in [-0.4, -0.2) is 15.2 Å². The van der Waals surface area contributed by atoms with Crippen molar-refractivity contribution in [3.8, 4) is 5.75 Å². The van der Waals surface area contributed by atoms with Crippen LogP contribution in [-0.2, 0) is 0 Å². The van der Waals surface area contributed by atoms with Gasteiger partial charge in [-0.2, -0.15) is 0 Å². The number of hydrogen-bond acceptors (Lipinski definition) is 1. The van der Waals surface area contributed by atoms with Crippen LogP contribution in [0.1, 0.15) is 11.1 Å². The zero-order valence-electron chi connectivity index (χ0n) is 12.7. The first-order chi connectivity index (χ1) is 9.49. The van der Waals surface area contributed by atoms with Crippen molar-refractivity contribution < 1.29 is 4.74 Å². The van der Waals surface area contributed by atoms with Crippen LogP contribution in [0.2, 0.25) is 19.6 Å². The van der Waals surface area contributed by atoms with Gasteiger partial charge in [0.05, 0.1) is 15.2 Å². The van der Waals surface area contributed by atoms with Gasteiger partial charge in [0.15, 0.2) is 0 Å². The van der Waals surface area contributed by atoms with E-state index >= 15 is 0 Å². The molecule has 0 saturated heterocycles. The van der Waals surface area contributed by atoms with Crippen molar-refractivity contribution in [1.82, 2.24) is 0 Å². The SMILES string of the molecule is COc1ccc(/C=C/c2ccc([Si](C)(C)C)cc2)cc1. The zero-order valence-corrected chi connectivity index (χ0v) is 13.7. The van der Waals surface area contributed by atoms with Crippen LogP contribution >= 0.6 is 0 Å². The van der Waals surface area contributed by atoms with Gasteiger partial charge in [0.25, 0.3) is 0 Å². The molecule has 0 aliphatic heterocycles. The van der Waals surface area contributed by atoms with E-state index in [1.165, 1.54) is 16.3 Å². The predicted molar refractivity (Wildman–Crippen MR) is 91.3 cm³/mol. The van der Waals surface area contributed by atoms with E-state index in [1.54, 1.807) is 7.11 Å². The smallest absolute Gasteiger partial charge is 0.118 e. The normalized spacial score (nSPS) is 11.8. The van der Waals surface area contributed by atoms with Crippen LogP contribution in [0.15, 0.2) is 48.5 Å². The van der Waals surface area contributed by atoms with Crippen LogP contribution < -0.4 is 9.92 Å². The Kier molecular flexibility index (Phi) is 4.45. The Hall–Kier alpha value is -1.80. The highest BCUT2D eigenvalue weighted by atomic mass is 28.3. The Morgan fingerprint density at radius 3 is 1.60 bits per heavy atom. The molecular weight excluding hydrogens is 260 g/mol. The van der Waals surface area contributed by atoms with Crippen molar-refractivity contribution in [2.75, 3.05) is 7.11 Å². The summed E-state index contributed by atoms with van der Waals surface area (Å²) in [5, 5.41) is 1.50. The third-order valence-corrected chi connectivity index (χ3v) is 5.43. The van der Waals surface area contributed by atoms with Crippen LogP contribution in [0.5, 0.6) is 5.75 Å². The predicted octanol–water partition coefficient (Wildman–Crippen LogP) is 4.41. The minimum atomic E-state index is -1.19. The van der Waals surface area contributed by atoms with Gasteiger partial charge in [-0.15, -0.1) is 0 Å². The Balaban J connectivity index is 2.10. The van der Waals surface area contributed by atoms with E-state index < -0.39 is 8.07 Å². The lowest BCUT2D eigenvalue weighted by molar-refractivity contribution is 0.415. The molecule has 104 valence electrons. The number of methoxy groups -OCH3 is 1. The van der Waals surface area contributed by atoms with Gasteiger partial charge in [-0.3, -0.25) is 0 Å². The molecule has 0 N–H and O–H groups in total. The van der Waals surface area contributed by atoms with Crippen molar-refractivity contribution >= 4 is 25.4 Å². The van der Waals surface area contributed by atoms with E-state index in [2.05, 4.69) is 68.2 Å². The second-order valence-corrected chi connectivity index (χ2v) is 11.1. The molecule has 0 fully saturated rings. The Morgan fingerprint density at radius 2 is 1.20 bits per heavy atom. The van der Waals surface area contributed by atoms with Crippen LogP contribution in [0, 0.1) is 0 Å². The molecule has 0 heterocycles. The Morgan fingerprint density at radius 1 is 0.750 bits per heavy atom. The van der Waals surface area contributed by atoms with Crippen molar-refractivity contribution in [2.45, 2.75) is 19.6 Å². The highest BCUT2D eigenvalue weighted by Crippen LogP contribution is 2.14. The second-order valence-electron chi connectivity index (χ2n) is 5.98. The quantitative estimate of drug-likeness (QED) is 0.596. The molecule has 0 aromatic heterocycles. The molecule has 1 nitrogen and oxygen atoms in total. The summed E-state index contributed by atoms with van der Waals surface area (Å²) in [6, 6.07) is 17.0. The summed E-state index contributed by atoms with van der Waals surface area (Å²) in [6.45, 7) is 7.11. The number of ether oxygens (including phenoxy) is 1. The number of hydrogen-bond donors (Lipinski definition) is 0. The molecule has 2 aromatic rings. The minimum Gasteiger partial charge on any atom is -0.497 e. The van der Waals surface area contributed by atoms with E-state index in [1.807, 2.05) is 12.1 Å². The summed E-state index contributed by atoms with van der Waals surface area (Å²) in [4.78, 5) is 0. The van der Waals surface area contributed by atoms with Crippen molar-refractivity contribution in [3.05, 3.63) is 59.7 Å². The summed E-state index contributed by atoms with van der Waals surface area (Å²) in [7, 11) is 0.494. The molecule has 0 aliphatic carbocycles. The maximum atomic E-state index is 5.16. The average Bonchev–Trinajstić information content (AvgIpc) is 2.45. The molecule has 0 amide bonds. The zero-order chi connectivity index (χ0) is 14.6. The van der Waals surface area contributed by atoms with Gasteiger partial charge in [0.1, 0.15) is 5.75 Å². The molecule has 0 unspecified atom stereocenters. The summed E-state index contributed by atoms with van der Waals surface area (Å²) in [5.41, 5.74) is 2.42. The first kappa shape index (κ1) is 14.6. The summed E-state index contributed by atoms with van der Waals surface area (Å²) >= 11 is 0. The fourth-order valence-corrected chi connectivity index (χ4v) is 3.17. The van der Waals surface area contributed by atoms with Crippen molar-refractivity contribution in [2.24, 2.45) is 0 Å². The molecule has 2 aromatic carbocycles. The lowest BCUT2D eigenvalue weighted by Gasteiger charge is -2.16. The Bertz CT molecular complexity index is 574. The van der Waals surface area contributed by atoms with Gasteiger partial charge in [-0.1, -0.05) is 73.4 Å².